The summed E-state index contributed by atoms with van der Waals surface area (Å²) >= 11 is 0. The highest BCUT2D eigenvalue weighted by molar-refractivity contribution is 5.79. The van der Waals surface area contributed by atoms with Crippen LogP contribution < -0.4 is 10.1 Å². The predicted molar refractivity (Wildman–Crippen MR) is 92.9 cm³/mol. The number of carbonyl (C=O) groups is 1. The first-order valence-corrected chi connectivity index (χ1v) is 8.79. The zero-order valence-corrected chi connectivity index (χ0v) is 14.0. The van der Waals surface area contributed by atoms with Crippen LogP contribution in [0.15, 0.2) is 36.7 Å². The van der Waals surface area contributed by atoms with Crippen molar-refractivity contribution in [2.45, 2.75) is 38.5 Å². The van der Waals surface area contributed by atoms with Crippen LogP contribution in [0.25, 0.3) is 0 Å². The van der Waals surface area contributed by atoms with Crippen LogP contribution in [0.4, 0.5) is 0 Å². The van der Waals surface area contributed by atoms with Crippen LogP contribution >= 0.6 is 0 Å². The molecule has 1 aromatic heterocycles. The highest BCUT2D eigenvalue weighted by Gasteiger charge is 2.25. The lowest BCUT2D eigenvalue weighted by atomic mass is 9.89. The molecule has 0 bridgehead atoms. The molecule has 0 spiro atoms. The highest BCUT2D eigenvalue weighted by Crippen LogP contribution is 2.22. The van der Waals surface area contributed by atoms with Crippen LogP contribution in [0.1, 0.15) is 37.1 Å². The SMILES string of the molecule is O=C(NCCCCCOc1ccccc1)C1CCc2nc[nH]c2C1. The van der Waals surface area contributed by atoms with Crippen molar-refractivity contribution in [3.05, 3.63) is 48.0 Å². The van der Waals surface area contributed by atoms with Crippen LogP contribution in [0.3, 0.4) is 0 Å². The molecule has 0 fully saturated rings. The Kier molecular flexibility index (Phi) is 5.88. The minimum absolute atomic E-state index is 0.0827. The van der Waals surface area contributed by atoms with Crippen molar-refractivity contribution in [3.8, 4) is 5.75 Å². The van der Waals surface area contributed by atoms with Gasteiger partial charge in [0.15, 0.2) is 0 Å². The van der Waals surface area contributed by atoms with Crippen molar-refractivity contribution < 1.29 is 9.53 Å². The van der Waals surface area contributed by atoms with Crippen molar-refractivity contribution >= 4 is 5.91 Å². The predicted octanol–water partition coefficient (Wildman–Crippen LogP) is 2.88. The monoisotopic (exact) mass is 327 g/mol. The Morgan fingerprint density at radius 1 is 1.25 bits per heavy atom. The molecule has 1 heterocycles. The maximum absolute atomic E-state index is 12.2. The summed E-state index contributed by atoms with van der Waals surface area (Å²) in [6, 6.07) is 9.87. The summed E-state index contributed by atoms with van der Waals surface area (Å²) in [5, 5.41) is 3.07. The lowest BCUT2D eigenvalue weighted by Crippen LogP contribution is -2.34. The molecule has 2 N–H and O–H groups in total. The summed E-state index contributed by atoms with van der Waals surface area (Å²) in [5.41, 5.74) is 2.25. The topological polar surface area (TPSA) is 67.0 Å². The number of aryl methyl sites for hydroxylation is 1. The molecule has 128 valence electrons. The van der Waals surface area contributed by atoms with Gasteiger partial charge in [-0.05, 0) is 44.2 Å². The fourth-order valence-corrected chi connectivity index (χ4v) is 3.09. The fraction of sp³-hybridized carbons (Fsp3) is 0.474. The molecule has 1 atom stereocenters. The molecule has 1 aliphatic rings. The first-order chi connectivity index (χ1) is 11.8. The van der Waals surface area contributed by atoms with E-state index < -0.39 is 0 Å². The number of H-pyrrole nitrogens is 1. The number of fused-ring (bicyclic) bond motifs is 1. The number of hydrogen-bond acceptors (Lipinski definition) is 3. The van der Waals surface area contributed by atoms with Crippen molar-refractivity contribution in [3.63, 3.8) is 0 Å². The number of unbranched alkanes of at least 4 members (excludes halogenated alkanes) is 2. The largest absolute Gasteiger partial charge is 0.494 e. The van der Waals surface area contributed by atoms with Gasteiger partial charge in [0.1, 0.15) is 5.75 Å². The molecule has 3 rings (SSSR count). The third kappa shape index (κ3) is 4.60. The molecular formula is C19H25N3O2. The molecule has 2 aromatic rings. The summed E-state index contributed by atoms with van der Waals surface area (Å²) in [7, 11) is 0. The second-order valence-electron chi connectivity index (χ2n) is 6.28. The first-order valence-electron chi connectivity index (χ1n) is 8.79. The lowest BCUT2D eigenvalue weighted by Gasteiger charge is -2.20. The lowest BCUT2D eigenvalue weighted by molar-refractivity contribution is -0.125. The molecular weight excluding hydrogens is 302 g/mol. The summed E-state index contributed by atoms with van der Waals surface area (Å²) in [6.07, 6.45) is 7.36. The summed E-state index contributed by atoms with van der Waals surface area (Å²) in [6.45, 7) is 1.47. The number of imidazole rings is 1. The Hall–Kier alpha value is -2.30. The van der Waals surface area contributed by atoms with Gasteiger partial charge in [-0.1, -0.05) is 18.2 Å². The van der Waals surface area contributed by atoms with Gasteiger partial charge in [0.2, 0.25) is 5.91 Å². The van der Waals surface area contributed by atoms with Crippen molar-refractivity contribution in [2.24, 2.45) is 5.92 Å². The van der Waals surface area contributed by atoms with Crippen LogP contribution in [-0.4, -0.2) is 29.0 Å². The smallest absolute Gasteiger partial charge is 0.223 e. The molecule has 0 aliphatic heterocycles. The molecule has 0 radical (unpaired) electrons. The zero-order chi connectivity index (χ0) is 16.6. The number of para-hydroxylation sites is 1. The van der Waals surface area contributed by atoms with E-state index in [0.29, 0.717) is 0 Å². The van der Waals surface area contributed by atoms with E-state index >= 15 is 0 Å². The van der Waals surface area contributed by atoms with Crippen LogP contribution in [0.5, 0.6) is 5.75 Å². The molecule has 0 saturated heterocycles. The maximum Gasteiger partial charge on any atom is 0.223 e. The number of hydrogen-bond donors (Lipinski definition) is 2. The zero-order valence-electron chi connectivity index (χ0n) is 14.0. The van der Waals surface area contributed by atoms with Crippen molar-refractivity contribution in [1.82, 2.24) is 15.3 Å². The number of nitrogens with zero attached hydrogens (tertiary/aromatic N) is 1. The van der Waals surface area contributed by atoms with E-state index in [2.05, 4.69) is 15.3 Å². The highest BCUT2D eigenvalue weighted by atomic mass is 16.5. The number of ether oxygens (including phenoxy) is 1. The third-order valence-electron chi connectivity index (χ3n) is 4.49. The van der Waals surface area contributed by atoms with Crippen LogP contribution in [0, 0.1) is 5.92 Å². The number of carbonyl (C=O) groups excluding carboxylic acids is 1. The summed E-state index contributed by atoms with van der Waals surface area (Å²) < 4.78 is 5.66. The normalized spacial score (nSPS) is 16.4. The van der Waals surface area contributed by atoms with Gasteiger partial charge < -0.3 is 15.0 Å². The summed E-state index contributed by atoms with van der Waals surface area (Å²) in [4.78, 5) is 19.7. The van der Waals surface area contributed by atoms with E-state index in [-0.39, 0.29) is 11.8 Å². The number of rotatable bonds is 8. The Bertz CT molecular complexity index is 639. The standard InChI is InChI=1S/C19H25N3O2/c23-19(15-9-10-17-18(13-15)22-14-21-17)20-11-5-2-6-12-24-16-7-3-1-4-8-16/h1,3-4,7-8,14-15H,2,5-6,9-13H2,(H,20,23)(H,21,22). The average molecular weight is 327 g/mol. The van der Waals surface area contributed by atoms with Crippen LogP contribution in [-0.2, 0) is 17.6 Å². The second-order valence-corrected chi connectivity index (χ2v) is 6.28. The van der Waals surface area contributed by atoms with Gasteiger partial charge in [0.25, 0.3) is 0 Å². The van der Waals surface area contributed by atoms with E-state index in [1.165, 1.54) is 0 Å². The number of benzene rings is 1. The molecule has 1 aromatic carbocycles. The quantitative estimate of drug-likeness (QED) is 0.733. The van der Waals surface area contributed by atoms with Gasteiger partial charge in [-0.15, -0.1) is 0 Å². The Morgan fingerprint density at radius 2 is 2.12 bits per heavy atom. The first kappa shape index (κ1) is 16.6. The van der Waals surface area contributed by atoms with Crippen LogP contribution in [0.2, 0.25) is 0 Å². The van der Waals surface area contributed by atoms with Crippen molar-refractivity contribution in [2.75, 3.05) is 13.2 Å². The van der Waals surface area contributed by atoms with Gasteiger partial charge in [0.05, 0.1) is 18.6 Å². The Balaban J connectivity index is 1.25. The minimum Gasteiger partial charge on any atom is -0.494 e. The molecule has 1 unspecified atom stereocenters. The molecule has 0 saturated carbocycles. The average Bonchev–Trinajstić information content (AvgIpc) is 3.09. The van der Waals surface area contributed by atoms with Gasteiger partial charge in [-0.25, -0.2) is 4.98 Å². The maximum atomic E-state index is 12.2. The number of aromatic nitrogens is 2. The van der Waals surface area contributed by atoms with E-state index in [0.717, 1.165) is 68.8 Å². The van der Waals surface area contributed by atoms with Gasteiger partial charge in [0, 0.05) is 24.6 Å². The van der Waals surface area contributed by atoms with E-state index in [9.17, 15) is 4.79 Å². The van der Waals surface area contributed by atoms with Gasteiger partial charge in [-0.3, -0.25) is 4.79 Å². The molecule has 1 amide bonds. The number of amides is 1. The second kappa shape index (κ2) is 8.52. The fourth-order valence-electron chi connectivity index (χ4n) is 3.09. The van der Waals surface area contributed by atoms with E-state index in [4.69, 9.17) is 4.74 Å². The Labute approximate surface area is 142 Å². The molecule has 24 heavy (non-hydrogen) atoms. The summed E-state index contributed by atoms with van der Waals surface area (Å²) in [5.74, 6) is 1.18. The Morgan fingerprint density at radius 3 is 3.00 bits per heavy atom. The third-order valence-corrected chi connectivity index (χ3v) is 4.49. The number of aromatic amines is 1. The minimum atomic E-state index is 0.0827. The molecule has 1 aliphatic carbocycles. The van der Waals surface area contributed by atoms with Gasteiger partial charge in [-0.2, -0.15) is 0 Å². The number of nitrogens with one attached hydrogen (secondary N) is 2. The van der Waals surface area contributed by atoms with Gasteiger partial charge >= 0.3 is 0 Å². The van der Waals surface area contributed by atoms with Crippen molar-refractivity contribution in [1.29, 1.82) is 0 Å². The molecule has 5 nitrogen and oxygen atoms in total. The van der Waals surface area contributed by atoms with E-state index in [1.807, 2.05) is 30.3 Å². The van der Waals surface area contributed by atoms with E-state index in [1.54, 1.807) is 6.33 Å². The molecule has 5 heteroatoms.